The molecule has 9 heteroatoms. The van der Waals surface area contributed by atoms with E-state index in [2.05, 4.69) is 26.0 Å². The van der Waals surface area contributed by atoms with Crippen molar-refractivity contribution in [3.05, 3.63) is 12.2 Å². The van der Waals surface area contributed by atoms with Crippen LogP contribution in [-0.2, 0) is 23.7 Å². The highest BCUT2D eigenvalue weighted by molar-refractivity contribution is 5.69. The van der Waals surface area contributed by atoms with E-state index in [1.165, 1.54) is 154 Å². The number of hydrogen-bond acceptors (Lipinski definition) is 9. The van der Waals surface area contributed by atoms with Crippen LogP contribution in [0.1, 0.15) is 213 Å². The number of rotatable bonds is 40. The van der Waals surface area contributed by atoms with Gasteiger partial charge in [0.05, 0.1) is 19.8 Å². The van der Waals surface area contributed by atoms with Gasteiger partial charge in [-0.25, -0.2) is 0 Å². The molecule has 326 valence electrons. The van der Waals surface area contributed by atoms with Crippen LogP contribution < -0.4 is 0 Å². The van der Waals surface area contributed by atoms with Crippen LogP contribution in [-0.4, -0.2) is 89.6 Å². The number of aliphatic hydroxyl groups is 4. The minimum atomic E-state index is -1.53. The lowest BCUT2D eigenvalue weighted by atomic mass is 9.99. The third-order valence-electron chi connectivity index (χ3n) is 10.9. The van der Waals surface area contributed by atoms with Gasteiger partial charge in [-0.2, -0.15) is 0 Å². The number of carbonyl (C=O) groups excluding carboxylic acids is 1. The second-order valence-electron chi connectivity index (χ2n) is 16.2. The molecule has 0 bridgehead atoms. The molecule has 6 atom stereocenters. The average Bonchev–Trinajstić information content (AvgIpc) is 3.18. The maximum atomic E-state index is 12.8. The van der Waals surface area contributed by atoms with E-state index in [4.69, 9.17) is 18.9 Å². The maximum Gasteiger partial charge on any atom is 0.306 e. The molecule has 9 nitrogen and oxygen atoms in total. The first kappa shape index (κ1) is 51.9. The molecule has 0 spiro atoms. The summed E-state index contributed by atoms with van der Waals surface area (Å²) < 4.78 is 22.8. The fraction of sp³-hybridized carbons (Fsp3) is 0.935. The summed E-state index contributed by atoms with van der Waals surface area (Å²) in [6.07, 6.45) is 35.3. The first-order chi connectivity index (χ1) is 26.9. The average molecular weight is 785 g/mol. The molecule has 1 fully saturated rings. The Bertz CT molecular complexity index is 853. The Morgan fingerprint density at radius 2 is 1.04 bits per heavy atom. The SMILES string of the molecule is CCC/C=C\CCCCCCCCOCC(COC1OC(CO)C(O)C(O)C1O)OC(=O)CCCCCCCCCCCCCCCCCCCCCCC. The molecule has 0 aromatic rings. The molecule has 0 aromatic carbocycles. The highest BCUT2D eigenvalue weighted by atomic mass is 16.7. The smallest absolute Gasteiger partial charge is 0.306 e. The molecule has 55 heavy (non-hydrogen) atoms. The predicted octanol–water partition coefficient (Wildman–Crippen LogP) is 10.4. The summed E-state index contributed by atoms with van der Waals surface area (Å²) in [4.78, 5) is 12.8. The predicted molar refractivity (Wildman–Crippen MR) is 224 cm³/mol. The molecular formula is C46H88O9. The van der Waals surface area contributed by atoms with Crippen molar-refractivity contribution in [3.63, 3.8) is 0 Å². The summed E-state index contributed by atoms with van der Waals surface area (Å²) >= 11 is 0. The Balaban J connectivity index is 2.19. The van der Waals surface area contributed by atoms with E-state index >= 15 is 0 Å². The summed E-state index contributed by atoms with van der Waals surface area (Å²) in [7, 11) is 0. The van der Waals surface area contributed by atoms with Crippen LogP contribution in [0, 0.1) is 0 Å². The zero-order chi connectivity index (χ0) is 40.0. The zero-order valence-corrected chi connectivity index (χ0v) is 35.7. The number of esters is 1. The van der Waals surface area contributed by atoms with Crippen molar-refractivity contribution in [1.82, 2.24) is 0 Å². The van der Waals surface area contributed by atoms with Gasteiger partial charge in [-0.1, -0.05) is 187 Å². The second-order valence-corrected chi connectivity index (χ2v) is 16.2. The van der Waals surface area contributed by atoms with Crippen LogP contribution in [0.3, 0.4) is 0 Å². The number of aliphatic hydroxyl groups excluding tert-OH is 4. The van der Waals surface area contributed by atoms with E-state index in [9.17, 15) is 25.2 Å². The van der Waals surface area contributed by atoms with Crippen molar-refractivity contribution in [2.24, 2.45) is 0 Å². The monoisotopic (exact) mass is 785 g/mol. The second kappa shape index (κ2) is 38.4. The topological polar surface area (TPSA) is 135 Å². The van der Waals surface area contributed by atoms with Crippen molar-refractivity contribution in [2.45, 2.75) is 250 Å². The molecule has 1 aliphatic rings. The van der Waals surface area contributed by atoms with E-state index in [0.29, 0.717) is 13.0 Å². The molecule has 1 heterocycles. The molecule has 1 aliphatic heterocycles. The van der Waals surface area contributed by atoms with Gasteiger partial charge in [-0.15, -0.1) is 0 Å². The highest BCUT2D eigenvalue weighted by Gasteiger charge is 2.44. The largest absolute Gasteiger partial charge is 0.457 e. The Kier molecular flexibility index (Phi) is 36.3. The molecule has 0 radical (unpaired) electrons. The van der Waals surface area contributed by atoms with E-state index in [-0.39, 0.29) is 19.2 Å². The van der Waals surface area contributed by atoms with Crippen molar-refractivity contribution >= 4 is 5.97 Å². The summed E-state index contributed by atoms with van der Waals surface area (Å²) in [6, 6.07) is 0. The van der Waals surface area contributed by atoms with Gasteiger partial charge in [0, 0.05) is 13.0 Å². The fourth-order valence-corrected chi connectivity index (χ4v) is 7.26. The standard InChI is InChI=1S/C46H88O9/c1-3-5-7-9-11-13-15-16-17-18-19-20-21-22-23-24-25-27-29-31-33-35-42(48)54-40(39-53-46-45(51)44(50)43(49)41(37-47)55-46)38-52-36-34-32-30-28-26-14-12-10-8-6-4-2/h8,10,40-41,43-47,49-51H,3-7,9,11-39H2,1-2H3/b10-8-. The van der Waals surface area contributed by atoms with E-state index in [0.717, 1.165) is 38.5 Å². The third kappa shape index (κ3) is 29.8. The van der Waals surface area contributed by atoms with Gasteiger partial charge in [0.2, 0.25) is 0 Å². The minimum absolute atomic E-state index is 0.111. The number of allylic oxidation sites excluding steroid dienone is 2. The highest BCUT2D eigenvalue weighted by Crippen LogP contribution is 2.23. The molecule has 0 aliphatic carbocycles. The summed E-state index contributed by atoms with van der Waals surface area (Å²) in [5.41, 5.74) is 0. The van der Waals surface area contributed by atoms with Gasteiger partial charge in [0.25, 0.3) is 0 Å². The van der Waals surface area contributed by atoms with Gasteiger partial charge < -0.3 is 39.4 Å². The van der Waals surface area contributed by atoms with E-state index in [1.807, 2.05) is 0 Å². The lowest BCUT2D eigenvalue weighted by Crippen LogP contribution is -2.59. The third-order valence-corrected chi connectivity index (χ3v) is 10.9. The summed E-state index contributed by atoms with van der Waals surface area (Å²) in [5.74, 6) is -0.312. The maximum absolute atomic E-state index is 12.8. The Morgan fingerprint density at radius 1 is 0.564 bits per heavy atom. The number of unbranched alkanes of at least 4 members (excludes halogenated alkanes) is 27. The summed E-state index contributed by atoms with van der Waals surface area (Å²) in [6.45, 7) is 4.52. The van der Waals surface area contributed by atoms with Crippen molar-refractivity contribution in [2.75, 3.05) is 26.4 Å². The fourth-order valence-electron chi connectivity index (χ4n) is 7.26. The molecule has 1 rings (SSSR count). The van der Waals surface area contributed by atoms with Gasteiger partial charge in [-0.05, 0) is 32.1 Å². The van der Waals surface area contributed by atoms with E-state index in [1.54, 1.807) is 0 Å². The van der Waals surface area contributed by atoms with Crippen LogP contribution >= 0.6 is 0 Å². The number of ether oxygens (including phenoxy) is 4. The lowest BCUT2D eigenvalue weighted by molar-refractivity contribution is -0.305. The van der Waals surface area contributed by atoms with Gasteiger partial charge >= 0.3 is 5.97 Å². The van der Waals surface area contributed by atoms with Crippen molar-refractivity contribution in [3.8, 4) is 0 Å². The van der Waals surface area contributed by atoms with Crippen LogP contribution in [0.25, 0.3) is 0 Å². The number of hydrogen-bond donors (Lipinski definition) is 4. The normalized spacial score (nSPS) is 20.7. The molecule has 1 saturated heterocycles. The minimum Gasteiger partial charge on any atom is -0.457 e. The molecule has 0 amide bonds. The first-order valence-electron chi connectivity index (χ1n) is 23.3. The summed E-state index contributed by atoms with van der Waals surface area (Å²) in [5, 5.41) is 40.1. The molecule has 0 saturated carbocycles. The molecular weight excluding hydrogens is 696 g/mol. The van der Waals surface area contributed by atoms with Gasteiger partial charge in [0.1, 0.15) is 30.5 Å². The quantitative estimate of drug-likeness (QED) is 0.0272. The Morgan fingerprint density at radius 3 is 1.55 bits per heavy atom. The number of carbonyl (C=O) groups is 1. The molecule has 0 aromatic heterocycles. The zero-order valence-electron chi connectivity index (χ0n) is 35.7. The van der Waals surface area contributed by atoms with Crippen LogP contribution in [0.4, 0.5) is 0 Å². The lowest BCUT2D eigenvalue weighted by Gasteiger charge is -2.39. The van der Waals surface area contributed by atoms with Crippen molar-refractivity contribution < 1.29 is 44.2 Å². The van der Waals surface area contributed by atoms with Gasteiger partial charge in [0.15, 0.2) is 6.29 Å². The molecule has 4 N–H and O–H groups in total. The molecule has 6 unspecified atom stereocenters. The van der Waals surface area contributed by atoms with Gasteiger partial charge in [-0.3, -0.25) is 4.79 Å². The van der Waals surface area contributed by atoms with E-state index < -0.39 is 43.4 Å². The Labute approximate surface area is 337 Å². The van der Waals surface area contributed by atoms with Crippen LogP contribution in [0.5, 0.6) is 0 Å². The van der Waals surface area contributed by atoms with Crippen LogP contribution in [0.2, 0.25) is 0 Å². The van der Waals surface area contributed by atoms with Crippen molar-refractivity contribution in [1.29, 1.82) is 0 Å². The Hall–Kier alpha value is -1.07. The van der Waals surface area contributed by atoms with Crippen LogP contribution in [0.15, 0.2) is 12.2 Å². The first-order valence-corrected chi connectivity index (χ1v) is 23.3.